The fourth-order valence-corrected chi connectivity index (χ4v) is 2.32. The van der Waals surface area contributed by atoms with Gasteiger partial charge in [0.2, 0.25) is 5.91 Å². The minimum atomic E-state index is -0.642. The van der Waals surface area contributed by atoms with Crippen LogP contribution in [0.1, 0.15) is 26.7 Å². The third kappa shape index (κ3) is 3.60. The Morgan fingerprint density at radius 1 is 1.56 bits per heavy atom. The summed E-state index contributed by atoms with van der Waals surface area (Å²) in [4.78, 5) is 16.7. The number of carbonyl (C=O) groups excluding carboxylic acids is 1. The van der Waals surface area contributed by atoms with Crippen molar-refractivity contribution in [3.8, 4) is 0 Å². The van der Waals surface area contributed by atoms with Gasteiger partial charge >= 0.3 is 0 Å². The van der Waals surface area contributed by atoms with Crippen molar-refractivity contribution in [2.45, 2.75) is 38.3 Å². The van der Waals surface area contributed by atoms with E-state index < -0.39 is 5.54 Å². The summed E-state index contributed by atoms with van der Waals surface area (Å²) < 4.78 is 0. The van der Waals surface area contributed by atoms with Crippen LogP contribution in [-0.4, -0.2) is 48.6 Å². The molecule has 18 heavy (non-hydrogen) atoms. The van der Waals surface area contributed by atoms with Crippen molar-refractivity contribution >= 4 is 5.91 Å². The Morgan fingerprint density at radius 2 is 2.17 bits per heavy atom. The van der Waals surface area contributed by atoms with Crippen LogP contribution in [-0.2, 0) is 4.79 Å². The number of amides is 1. The second kappa shape index (κ2) is 6.58. The molecule has 0 spiro atoms. The number of rotatable bonds is 6. The summed E-state index contributed by atoms with van der Waals surface area (Å²) in [5.41, 5.74) is 13.1. The van der Waals surface area contributed by atoms with Crippen LogP contribution in [0.3, 0.4) is 0 Å². The number of piperidine rings is 1. The Bertz CT molecular complexity index is 328. The quantitative estimate of drug-likeness (QED) is 0.314. The molecule has 1 saturated heterocycles. The lowest BCUT2D eigenvalue weighted by Crippen LogP contribution is -2.61. The molecule has 0 aromatic heterocycles. The van der Waals surface area contributed by atoms with E-state index in [1.54, 1.807) is 0 Å². The summed E-state index contributed by atoms with van der Waals surface area (Å²) in [5, 5.41) is 6.61. The number of primary amides is 1. The topological polar surface area (TPSA) is 107 Å². The van der Waals surface area contributed by atoms with E-state index in [-0.39, 0.29) is 5.91 Å². The molecule has 102 valence electrons. The molecule has 1 aliphatic heterocycles. The highest BCUT2D eigenvalue weighted by Gasteiger charge is 2.39. The molecule has 1 rings (SSSR count). The van der Waals surface area contributed by atoms with Crippen molar-refractivity contribution in [1.29, 1.82) is 0 Å². The van der Waals surface area contributed by atoms with Crippen LogP contribution >= 0.6 is 0 Å². The van der Waals surface area contributed by atoms with Gasteiger partial charge in [0.25, 0.3) is 0 Å². The molecule has 0 aromatic rings. The zero-order valence-corrected chi connectivity index (χ0v) is 11.1. The first kappa shape index (κ1) is 14.8. The lowest BCUT2D eigenvalue weighted by Gasteiger charge is -2.41. The summed E-state index contributed by atoms with van der Waals surface area (Å²) in [6, 6.07) is 0.485. The first-order chi connectivity index (χ1) is 8.52. The molecule has 0 aromatic carbocycles. The molecule has 0 saturated carbocycles. The van der Waals surface area contributed by atoms with E-state index in [0.29, 0.717) is 32.0 Å². The number of hydrogen-bond donors (Lipinski definition) is 2. The van der Waals surface area contributed by atoms with Crippen molar-refractivity contribution < 1.29 is 4.79 Å². The molecule has 0 radical (unpaired) electrons. The predicted molar refractivity (Wildman–Crippen MR) is 69.9 cm³/mol. The van der Waals surface area contributed by atoms with Crippen LogP contribution in [0.5, 0.6) is 0 Å². The van der Waals surface area contributed by atoms with E-state index in [1.165, 1.54) is 0 Å². The average molecular weight is 254 g/mol. The van der Waals surface area contributed by atoms with Gasteiger partial charge in [-0.25, -0.2) is 0 Å². The average Bonchev–Trinajstić information content (AvgIpc) is 2.35. The molecule has 0 bridgehead atoms. The number of nitrogens with zero attached hydrogens (tertiary/aromatic N) is 4. The van der Waals surface area contributed by atoms with E-state index in [1.807, 2.05) is 0 Å². The van der Waals surface area contributed by atoms with E-state index in [0.717, 1.165) is 13.1 Å². The van der Waals surface area contributed by atoms with Gasteiger partial charge in [-0.2, -0.15) is 0 Å². The molecule has 7 heteroatoms. The smallest absolute Gasteiger partial charge is 0.237 e. The predicted octanol–water partition coefficient (Wildman–Crippen LogP) is 0.615. The molecular formula is C11H22N6O. The Morgan fingerprint density at radius 3 is 2.61 bits per heavy atom. The molecule has 1 fully saturated rings. The number of nitrogens with two attached hydrogens (primary N) is 1. The molecule has 1 aliphatic rings. The number of carbonyl (C=O) groups is 1. The second-order valence-electron chi connectivity index (χ2n) is 4.96. The van der Waals surface area contributed by atoms with E-state index >= 15 is 0 Å². The van der Waals surface area contributed by atoms with Gasteiger partial charge in [0.05, 0.1) is 0 Å². The first-order valence-electron chi connectivity index (χ1n) is 6.32. The maximum atomic E-state index is 11.7. The van der Waals surface area contributed by atoms with Crippen molar-refractivity contribution in [3.05, 3.63) is 10.4 Å². The van der Waals surface area contributed by atoms with Gasteiger partial charge in [-0.05, 0) is 32.2 Å². The highest BCUT2D eigenvalue weighted by atomic mass is 16.1. The minimum absolute atomic E-state index is 0.313. The van der Waals surface area contributed by atoms with Gasteiger partial charge in [-0.1, -0.05) is 5.11 Å². The van der Waals surface area contributed by atoms with E-state index in [4.69, 9.17) is 11.3 Å². The van der Waals surface area contributed by atoms with Crippen LogP contribution in [0, 0.1) is 0 Å². The molecule has 3 N–H and O–H groups in total. The van der Waals surface area contributed by atoms with Gasteiger partial charge in [0.15, 0.2) is 0 Å². The maximum Gasteiger partial charge on any atom is 0.237 e. The standard InChI is InChI=1S/C11H22N6O/c1-9(2)17-7-3-11(4-8-17,10(12)18)14-5-6-15-16-13/h9,14H,3-8H2,1-2H3,(H2,12,18). The minimum Gasteiger partial charge on any atom is -0.368 e. The van der Waals surface area contributed by atoms with Crippen LogP contribution in [0.2, 0.25) is 0 Å². The van der Waals surface area contributed by atoms with Gasteiger partial charge in [-0.15, -0.1) is 0 Å². The Balaban J connectivity index is 2.56. The second-order valence-corrected chi connectivity index (χ2v) is 4.96. The number of likely N-dealkylation sites (tertiary alicyclic amines) is 1. The van der Waals surface area contributed by atoms with Gasteiger partial charge in [-0.3, -0.25) is 4.79 Å². The van der Waals surface area contributed by atoms with Crippen molar-refractivity contribution in [3.63, 3.8) is 0 Å². The lowest BCUT2D eigenvalue weighted by molar-refractivity contribution is -0.126. The molecule has 0 atom stereocenters. The number of nitrogens with one attached hydrogen (secondary N) is 1. The largest absolute Gasteiger partial charge is 0.368 e. The van der Waals surface area contributed by atoms with Crippen LogP contribution in [0.4, 0.5) is 0 Å². The molecule has 0 unspecified atom stereocenters. The van der Waals surface area contributed by atoms with Crippen molar-refractivity contribution in [2.75, 3.05) is 26.2 Å². The maximum absolute atomic E-state index is 11.7. The van der Waals surface area contributed by atoms with Crippen LogP contribution in [0.15, 0.2) is 5.11 Å². The molecule has 1 heterocycles. The van der Waals surface area contributed by atoms with E-state index in [9.17, 15) is 4.79 Å². The fourth-order valence-electron chi connectivity index (χ4n) is 2.32. The SMILES string of the molecule is CC(C)N1CCC(NCCN=[N+]=[N-])(C(N)=O)CC1. The van der Waals surface area contributed by atoms with Crippen LogP contribution in [0.25, 0.3) is 10.4 Å². The normalized spacial score (nSPS) is 19.5. The zero-order chi connectivity index (χ0) is 13.6. The summed E-state index contributed by atoms with van der Waals surface area (Å²) in [6.07, 6.45) is 1.41. The van der Waals surface area contributed by atoms with Gasteiger partial charge in [0.1, 0.15) is 5.54 Å². The Kier molecular flexibility index (Phi) is 5.40. The van der Waals surface area contributed by atoms with E-state index in [2.05, 4.69) is 34.1 Å². The lowest BCUT2D eigenvalue weighted by atomic mass is 9.86. The summed E-state index contributed by atoms with van der Waals surface area (Å²) >= 11 is 0. The third-order valence-electron chi connectivity index (χ3n) is 3.59. The van der Waals surface area contributed by atoms with Crippen molar-refractivity contribution in [1.82, 2.24) is 10.2 Å². The summed E-state index contributed by atoms with van der Waals surface area (Å²) in [6.45, 7) is 6.82. The van der Waals surface area contributed by atoms with Gasteiger partial charge < -0.3 is 16.0 Å². The fraction of sp³-hybridized carbons (Fsp3) is 0.909. The molecule has 7 nitrogen and oxygen atoms in total. The number of azide groups is 1. The molecular weight excluding hydrogens is 232 g/mol. The monoisotopic (exact) mass is 254 g/mol. The van der Waals surface area contributed by atoms with Gasteiger partial charge in [0, 0.05) is 37.1 Å². The summed E-state index contributed by atoms with van der Waals surface area (Å²) in [5.74, 6) is -0.313. The van der Waals surface area contributed by atoms with Crippen LogP contribution < -0.4 is 11.1 Å². The summed E-state index contributed by atoms with van der Waals surface area (Å²) in [7, 11) is 0. The molecule has 0 aliphatic carbocycles. The first-order valence-corrected chi connectivity index (χ1v) is 6.32. The number of hydrogen-bond acceptors (Lipinski definition) is 4. The highest BCUT2D eigenvalue weighted by Crippen LogP contribution is 2.23. The Hall–Kier alpha value is -1.30. The molecule has 1 amide bonds. The third-order valence-corrected chi connectivity index (χ3v) is 3.59. The Labute approximate surface area is 107 Å². The van der Waals surface area contributed by atoms with Crippen molar-refractivity contribution in [2.24, 2.45) is 10.8 Å². The zero-order valence-electron chi connectivity index (χ0n) is 11.1. The highest BCUT2D eigenvalue weighted by molar-refractivity contribution is 5.84.